The average molecular weight is 383 g/mol. The van der Waals surface area contributed by atoms with E-state index in [0.29, 0.717) is 17.2 Å². The van der Waals surface area contributed by atoms with Crippen LogP contribution in [0.4, 0.5) is 0 Å². The minimum Gasteiger partial charge on any atom is -0.379 e. The summed E-state index contributed by atoms with van der Waals surface area (Å²) in [6, 6.07) is 10.6. The Labute approximate surface area is 140 Å². The van der Waals surface area contributed by atoms with Crippen LogP contribution in [0.25, 0.3) is 0 Å². The van der Waals surface area contributed by atoms with Crippen LogP contribution in [-0.4, -0.2) is 8.42 Å². The van der Waals surface area contributed by atoms with Crippen LogP contribution in [0.15, 0.2) is 45.8 Å². The number of hydrogen-bond donors (Lipinski definition) is 0. The molecule has 0 saturated heterocycles. The molecule has 5 heteroatoms. The zero-order valence-corrected chi connectivity index (χ0v) is 15.5. The smallest absolute Gasteiger partial charge is 0.339 e. The Morgan fingerprint density at radius 3 is 2.14 bits per heavy atom. The summed E-state index contributed by atoms with van der Waals surface area (Å²) in [6.07, 6.45) is 0. The van der Waals surface area contributed by atoms with Gasteiger partial charge in [-0.15, -0.1) is 0 Å². The summed E-state index contributed by atoms with van der Waals surface area (Å²) in [6.45, 7) is 7.77. The summed E-state index contributed by atoms with van der Waals surface area (Å²) in [5.41, 5.74) is 2.64. The van der Waals surface area contributed by atoms with E-state index in [0.717, 1.165) is 15.6 Å². The van der Waals surface area contributed by atoms with Crippen molar-refractivity contribution in [2.45, 2.75) is 38.5 Å². The number of hydrogen-bond acceptors (Lipinski definition) is 3. The van der Waals surface area contributed by atoms with Gasteiger partial charge in [-0.1, -0.05) is 41.9 Å². The van der Waals surface area contributed by atoms with E-state index in [1.807, 2.05) is 19.1 Å². The lowest BCUT2D eigenvalue weighted by molar-refractivity contribution is 0.485. The zero-order valence-electron chi connectivity index (χ0n) is 13.1. The van der Waals surface area contributed by atoms with E-state index in [1.165, 1.54) is 0 Å². The first kappa shape index (κ1) is 17.0. The van der Waals surface area contributed by atoms with Gasteiger partial charge in [-0.3, -0.25) is 0 Å². The van der Waals surface area contributed by atoms with E-state index in [9.17, 15) is 8.42 Å². The first-order chi connectivity index (χ1) is 10.2. The molecule has 0 fully saturated rings. The molecule has 3 nitrogen and oxygen atoms in total. The fourth-order valence-corrected chi connectivity index (χ4v) is 3.79. The normalized spacial score (nSPS) is 11.7. The minimum absolute atomic E-state index is 0.195. The highest BCUT2D eigenvalue weighted by atomic mass is 79.9. The summed E-state index contributed by atoms with van der Waals surface area (Å²) in [7, 11) is -3.84. The van der Waals surface area contributed by atoms with Crippen molar-refractivity contribution in [3.05, 3.63) is 57.6 Å². The average Bonchev–Trinajstić information content (AvgIpc) is 2.42. The van der Waals surface area contributed by atoms with Crippen LogP contribution in [0, 0.1) is 13.8 Å². The Morgan fingerprint density at radius 2 is 1.59 bits per heavy atom. The van der Waals surface area contributed by atoms with Gasteiger partial charge in [-0.2, -0.15) is 8.42 Å². The Hall–Kier alpha value is -1.33. The monoisotopic (exact) mass is 382 g/mol. The van der Waals surface area contributed by atoms with Crippen molar-refractivity contribution in [1.29, 1.82) is 0 Å². The number of aryl methyl sites for hydroxylation is 2. The molecule has 2 aromatic carbocycles. The van der Waals surface area contributed by atoms with Crippen LogP contribution < -0.4 is 4.18 Å². The van der Waals surface area contributed by atoms with Gasteiger partial charge in [0.05, 0.1) is 0 Å². The Morgan fingerprint density at radius 1 is 1.00 bits per heavy atom. The van der Waals surface area contributed by atoms with Gasteiger partial charge in [0.1, 0.15) is 10.6 Å². The lowest BCUT2D eigenvalue weighted by Crippen LogP contribution is -2.11. The third kappa shape index (κ3) is 3.70. The Bertz CT molecular complexity index is 778. The summed E-state index contributed by atoms with van der Waals surface area (Å²) < 4.78 is 31.1. The predicted octanol–water partition coefficient (Wildman–Crippen LogP) is 4.96. The summed E-state index contributed by atoms with van der Waals surface area (Å²) in [4.78, 5) is 0.195. The van der Waals surface area contributed by atoms with E-state index in [-0.39, 0.29) is 4.90 Å². The topological polar surface area (TPSA) is 43.4 Å². The molecular weight excluding hydrogens is 364 g/mol. The number of rotatable bonds is 4. The van der Waals surface area contributed by atoms with Gasteiger partial charge in [0.2, 0.25) is 0 Å². The molecule has 0 unspecified atom stereocenters. The zero-order chi connectivity index (χ0) is 16.5. The molecule has 2 aromatic rings. The molecule has 0 aliphatic carbocycles. The molecule has 0 spiro atoms. The molecule has 0 radical (unpaired) electrons. The van der Waals surface area contributed by atoms with E-state index in [2.05, 4.69) is 29.8 Å². The van der Waals surface area contributed by atoms with Crippen molar-refractivity contribution in [3.8, 4) is 5.75 Å². The van der Waals surface area contributed by atoms with Crippen molar-refractivity contribution in [3.63, 3.8) is 0 Å². The van der Waals surface area contributed by atoms with Crippen molar-refractivity contribution in [2.24, 2.45) is 0 Å². The molecule has 2 rings (SSSR count). The maximum absolute atomic E-state index is 12.5. The number of benzene rings is 2. The quantitative estimate of drug-likeness (QED) is 0.701. The highest BCUT2D eigenvalue weighted by Crippen LogP contribution is 2.27. The van der Waals surface area contributed by atoms with E-state index in [4.69, 9.17) is 4.18 Å². The molecule has 0 aliphatic rings. The van der Waals surface area contributed by atoms with Crippen molar-refractivity contribution in [2.75, 3.05) is 0 Å². The van der Waals surface area contributed by atoms with E-state index in [1.54, 1.807) is 31.2 Å². The standard InChI is InChI=1S/C17H19BrO3S/c1-11(2)14-5-7-15(8-6-14)21-22(19,20)17-10-12(3)16(18)9-13(17)4/h5-11H,1-4H3. The van der Waals surface area contributed by atoms with Gasteiger partial charge in [0, 0.05) is 4.47 Å². The molecule has 0 bridgehead atoms. The van der Waals surface area contributed by atoms with Crippen LogP contribution in [0.3, 0.4) is 0 Å². The molecule has 0 aromatic heterocycles. The second-order valence-electron chi connectivity index (χ2n) is 5.63. The van der Waals surface area contributed by atoms with Crippen LogP contribution in [0.1, 0.15) is 36.5 Å². The van der Waals surface area contributed by atoms with Crippen molar-refractivity contribution >= 4 is 26.0 Å². The van der Waals surface area contributed by atoms with Crippen LogP contribution >= 0.6 is 15.9 Å². The number of halogens is 1. The molecule has 0 atom stereocenters. The van der Waals surface area contributed by atoms with E-state index < -0.39 is 10.1 Å². The fourth-order valence-electron chi connectivity index (χ4n) is 2.10. The molecule has 118 valence electrons. The van der Waals surface area contributed by atoms with Gasteiger partial charge >= 0.3 is 10.1 Å². The Kier molecular flexibility index (Phi) is 4.97. The van der Waals surface area contributed by atoms with E-state index >= 15 is 0 Å². The van der Waals surface area contributed by atoms with Crippen LogP contribution in [0.2, 0.25) is 0 Å². The maximum Gasteiger partial charge on any atom is 0.339 e. The maximum atomic E-state index is 12.5. The molecule has 0 N–H and O–H groups in total. The lowest BCUT2D eigenvalue weighted by Gasteiger charge is -2.12. The van der Waals surface area contributed by atoms with Crippen molar-refractivity contribution in [1.82, 2.24) is 0 Å². The Balaban J connectivity index is 2.33. The highest BCUT2D eigenvalue weighted by Gasteiger charge is 2.20. The second-order valence-corrected chi connectivity index (χ2v) is 8.00. The molecular formula is C17H19BrO3S. The van der Waals surface area contributed by atoms with Gasteiger partial charge in [-0.05, 0) is 60.7 Å². The highest BCUT2D eigenvalue weighted by molar-refractivity contribution is 9.10. The molecule has 0 saturated carbocycles. The molecule has 22 heavy (non-hydrogen) atoms. The lowest BCUT2D eigenvalue weighted by atomic mass is 10.0. The third-order valence-electron chi connectivity index (χ3n) is 3.48. The third-order valence-corrected chi connectivity index (χ3v) is 5.72. The second kappa shape index (κ2) is 6.42. The minimum atomic E-state index is -3.84. The summed E-state index contributed by atoms with van der Waals surface area (Å²) >= 11 is 3.40. The SMILES string of the molecule is Cc1cc(S(=O)(=O)Oc2ccc(C(C)C)cc2)c(C)cc1Br. The molecule has 0 amide bonds. The summed E-state index contributed by atoms with van der Waals surface area (Å²) in [5, 5.41) is 0. The predicted molar refractivity (Wildman–Crippen MR) is 92.0 cm³/mol. The molecule has 0 heterocycles. The van der Waals surface area contributed by atoms with Gasteiger partial charge < -0.3 is 4.18 Å². The largest absolute Gasteiger partial charge is 0.379 e. The van der Waals surface area contributed by atoms with Crippen LogP contribution in [0.5, 0.6) is 5.75 Å². The van der Waals surface area contributed by atoms with Gasteiger partial charge in [-0.25, -0.2) is 0 Å². The van der Waals surface area contributed by atoms with Crippen molar-refractivity contribution < 1.29 is 12.6 Å². The van der Waals surface area contributed by atoms with Gasteiger partial charge in [0.15, 0.2) is 0 Å². The van der Waals surface area contributed by atoms with Crippen LogP contribution in [-0.2, 0) is 10.1 Å². The fraction of sp³-hybridized carbons (Fsp3) is 0.294. The summed E-state index contributed by atoms with van der Waals surface area (Å²) in [5.74, 6) is 0.714. The van der Waals surface area contributed by atoms with Gasteiger partial charge in [0.25, 0.3) is 0 Å². The first-order valence-electron chi connectivity index (χ1n) is 7.02. The molecule has 0 aliphatic heterocycles. The first-order valence-corrected chi connectivity index (χ1v) is 9.22.